The Morgan fingerprint density at radius 1 is 1.21 bits per heavy atom. The average molecular weight is 328 g/mol. The maximum Gasteiger partial charge on any atom is 0.311 e. The molecule has 1 aromatic heterocycles. The number of hydrogen-bond donors (Lipinski definition) is 1. The van der Waals surface area contributed by atoms with Crippen LogP contribution in [0.5, 0.6) is 0 Å². The molecule has 1 N–H and O–H groups in total. The Hall–Kier alpha value is -2.96. The highest BCUT2D eigenvalue weighted by Gasteiger charge is 2.27. The second-order valence-electron chi connectivity index (χ2n) is 5.13. The molecule has 0 fully saturated rings. The second-order valence-corrected chi connectivity index (χ2v) is 5.13. The molecule has 0 aliphatic rings. The molecule has 0 spiro atoms. The predicted molar refractivity (Wildman–Crippen MR) is 91.6 cm³/mol. The van der Waals surface area contributed by atoms with Crippen molar-refractivity contribution in [3.63, 3.8) is 0 Å². The SMILES string of the molecule is CCN(CC)C(=O)[C@@H](Nc1ncccc1[N+](=O)[O-])c1ccccc1. The van der Waals surface area contributed by atoms with Crippen molar-refractivity contribution in [2.75, 3.05) is 18.4 Å². The number of nitrogens with zero attached hydrogens (tertiary/aromatic N) is 3. The Morgan fingerprint density at radius 3 is 2.46 bits per heavy atom. The first-order valence-electron chi connectivity index (χ1n) is 7.78. The van der Waals surface area contributed by atoms with Crippen LogP contribution in [0.15, 0.2) is 48.7 Å². The van der Waals surface area contributed by atoms with Crippen molar-refractivity contribution in [2.24, 2.45) is 0 Å². The monoisotopic (exact) mass is 328 g/mol. The van der Waals surface area contributed by atoms with E-state index in [4.69, 9.17) is 0 Å². The van der Waals surface area contributed by atoms with Crippen molar-refractivity contribution in [2.45, 2.75) is 19.9 Å². The van der Waals surface area contributed by atoms with E-state index in [2.05, 4.69) is 10.3 Å². The summed E-state index contributed by atoms with van der Waals surface area (Å²) >= 11 is 0. The van der Waals surface area contributed by atoms with Crippen LogP contribution in [0.2, 0.25) is 0 Å². The van der Waals surface area contributed by atoms with Gasteiger partial charge in [0, 0.05) is 25.4 Å². The van der Waals surface area contributed by atoms with Crippen molar-refractivity contribution in [3.8, 4) is 0 Å². The van der Waals surface area contributed by atoms with E-state index >= 15 is 0 Å². The lowest BCUT2D eigenvalue weighted by Crippen LogP contribution is -2.38. The van der Waals surface area contributed by atoms with Crippen molar-refractivity contribution < 1.29 is 9.72 Å². The summed E-state index contributed by atoms with van der Waals surface area (Å²) in [6.07, 6.45) is 1.46. The van der Waals surface area contributed by atoms with E-state index in [-0.39, 0.29) is 17.4 Å². The number of benzene rings is 1. The number of anilines is 1. The number of likely N-dealkylation sites (N-methyl/N-ethyl adjacent to an activating group) is 1. The number of nitro groups is 1. The summed E-state index contributed by atoms with van der Waals surface area (Å²) in [7, 11) is 0. The van der Waals surface area contributed by atoms with Gasteiger partial charge in [0.1, 0.15) is 6.04 Å². The highest BCUT2D eigenvalue weighted by Crippen LogP contribution is 2.27. The molecule has 0 unspecified atom stereocenters. The van der Waals surface area contributed by atoms with Crippen LogP contribution in [0.1, 0.15) is 25.5 Å². The van der Waals surface area contributed by atoms with Crippen LogP contribution in [0.4, 0.5) is 11.5 Å². The van der Waals surface area contributed by atoms with E-state index in [1.165, 1.54) is 18.3 Å². The van der Waals surface area contributed by atoms with Gasteiger partial charge in [0.25, 0.3) is 0 Å². The van der Waals surface area contributed by atoms with Gasteiger partial charge in [0.15, 0.2) is 0 Å². The van der Waals surface area contributed by atoms with E-state index in [1.54, 1.807) is 4.90 Å². The van der Waals surface area contributed by atoms with E-state index < -0.39 is 11.0 Å². The Bertz CT molecular complexity index is 702. The molecule has 0 saturated carbocycles. The van der Waals surface area contributed by atoms with Gasteiger partial charge in [-0.25, -0.2) is 4.98 Å². The molecule has 0 aliphatic carbocycles. The van der Waals surface area contributed by atoms with Gasteiger partial charge in [-0.05, 0) is 25.5 Å². The molecule has 1 atom stereocenters. The van der Waals surface area contributed by atoms with E-state index in [1.807, 2.05) is 44.2 Å². The zero-order valence-corrected chi connectivity index (χ0v) is 13.7. The molecular weight excluding hydrogens is 308 g/mol. The first-order chi connectivity index (χ1) is 11.6. The molecule has 24 heavy (non-hydrogen) atoms. The normalized spacial score (nSPS) is 11.6. The van der Waals surface area contributed by atoms with Crippen LogP contribution >= 0.6 is 0 Å². The molecule has 1 aromatic carbocycles. The van der Waals surface area contributed by atoms with Gasteiger partial charge in [-0.1, -0.05) is 30.3 Å². The molecule has 7 nitrogen and oxygen atoms in total. The van der Waals surface area contributed by atoms with Crippen molar-refractivity contribution in [1.82, 2.24) is 9.88 Å². The lowest BCUT2D eigenvalue weighted by Gasteiger charge is -2.26. The Kier molecular flexibility index (Phi) is 5.83. The molecule has 2 aromatic rings. The van der Waals surface area contributed by atoms with Gasteiger partial charge in [0.2, 0.25) is 11.7 Å². The number of amides is 1. The summed E-state index contributed by atoms with van der Waals surface area (Å²) < 4.78 is 0. The first-order valence-corrected chi connectivity index (χ1v) is 7.78. The fourth-order valence-corrected chi connectivity index (χ4v) is 2.44. The first kappa shape index (κ1) is 17.4. The molecule has 7 heteroatoms. The molecule has 0 bridgehead atoms. The number of pyridine rings is 1. The summed E-state index contributed by atoms with van der Waals surface area (Å²) in [6.45, 7) is 4.91. The summed E-state index contributed by atoms with van der Waals surface area (Å²) in [5, 5.41) is 14.1. The minimum atomic E-state index is -0.736. The third-order valence-electron chi connectivity index (χ3n) is 3.72. The van der Waals surface area contributed by atoms with Gasteiger partial charge < -0.3 is 10.2 Å². The van der Waals surface area contributed by atoms with Crippen molar-refractivity contribution in [1.29, 1.82) is 0 Å². The number of aromatic nitrogens is 1. The number of carbonyl (C=O) groups excluding carboxylic acids is 1. The number of rotatable bonds is 7. The van der Waals surface area contributed by atoms with Crippen molar-refractivity contribution in [3.05, 3.63) is 64.3 Å². The van der Waals surface area contributed by atoms with E-state index in [0.717, 1.165) is 5.56 Å². The minimum Gasteiger partial charge on any atom is -0.349 e. The Balaban J connectivity index is 2.41. The van der Waals surface area contributed by atoms with Gasteiger partial charge in [-0.2, -0.15) is 0 Å². The standard InChI is InChI=1S/C17H20N4O3/c1-3-20(4-2)17(22)15(13-9-6-5-7-10-13)19-16-14(21(23)24)11-8-12-18-16/h5-12,15H,3-4H2,1-2H3,(H,18,19)/t15-/m0/s1. The topological polar surface area (TPSA) is 88.4 Å². The van der Waals surface area contributed by atoms with E-state index in [9.17, 15) is 14.9 Å². The third-order valence-corrected chi connectivity index (χ3v) is 3.72. The van der Waals surface area contributed by atoms with Crippen LogP contribution in [-0.4, -0.2) is 33.8 Å². The maximum atomic E-state index is 12.9. The molecule has 0 saturated heterocycles. The molecule has 1 amide bonds. The molecule has 2 rings (SSSR count). The molecule has 0 radical (unpaired) electrons. The highest BCUT2D eigenvalue weighted by atomic mass is 16.6. The van der Waals surface area contributed by atoms with E-state index in [0.29, 0.717) is 13.1 Å². The fraction of sp³-hybridized carbons (Fsp3) is 0.294. The Morgan fingerprint density at radius 2 is 1.88 bits per heavy atom. The number of nitrogens with one attached hydrogen (secondary N) is 1. The van der Waals surface area contributed by atoms with Gasteiger partial charge in [-0.15, -0.1) is 0 Å². The van der Waals surface area contributed by atoms with Crippen LogP contribution in [0.25, 0.3) is 0 Å². The lowest BCUT2D eigenvalue weighted by molar-refractivity contribution is -0.384. The lowest BCUT2D eigenvalue weighted by atomic mass is 10.1. The number of hydrogen-bond acceptors (Lipinski definition) is 5. The molecule has 0 aliphatic heterocycles. The van der Waals surface area contributed by atoms with Gasteiger partial charge in [0.05, 0.1) is 4.92 Å². The summed E-state index contributed by atoms with van der Waals surface area (Å²) in [5.74, 6) is -0.0667. The van der Waals surface area contributed by atoms with Crippen LogP contribution in [-0.2, 0) is 4.79 Å². The fourth-order valence-electron chi connectivity index (χ4n) is 2.44. The molecule has 1 heterocycles. The zero-order chi connectivity index (χ0) is 17.5. The third kappa shape index (κ3) is 3.87. The van der Waals surface area contributed by atoms with Crippen LogP contribution in [0, 0.1) is 10.1 Å². The van der Waals surface area contributed by atoms with Crippen LogP contribution < -0.4 is 5.32 Å². The zero-order valence-electron chi connectivity index (χ0n) is 13.7. The molecular formula is C17H20N4O3. The Labute approximate surface area is 140 Å². The second kappa shape index (κ2) is 8.05. The summed E-state index contributed by atoms with van der Waals surface area (Å²) in [6, 6.07) is 11.2. The highest BCUT2D eigenvalue weighted by molar-refractivity contribution is 5.86. The van der Waals surface area contributed by atoms with Crippen LogP contribution in [0.3, 0.4) is 0 Å². The predicted octanol–water partition coefficient (Wildman–Crippen LogP) is 3.01. The molecule has 126 valence electrons. The summed E-state index contributed by atoms with van der Waals surface area (Å²) in [5.41, 5.74) is 0.570. The largest absolute Gasteiger partial charge is 0.349 e. The summed E-state index contributed by atoms with van der Waals surface area (Å²) in [4.78, 5) is 29.2. The average Bonchev–Trinajstić information content (AvgIpc) is 2.61. The quantitative estimate of drug-likeness (QED) is 0.623. The van der Waals surface area contributed by atoms with Gasteiger partial charge >= 0.3 is 5.69 Å². The van der Waals surface area contributed by atoms with Gasteiger partial charge in [-0.3, -0.25) is 14.9 Å². The smallest absolute Gasteiger partial charge is 0.311 e. The maximum absolute atomic E-state index is 12.9. The minimum absolute atomic E-state index is 0.0804. The van der Waals surface area contributed by atoms with Crippen molar-refractivity contribution >= 4 is 17.4 Å². The number of carbonyl (C=O) groups is 1.